The van der Waals surface area contributed by atoms with Gasteiger partial charge in [-0.3, -0.25) is 0 Å². The molecule has 0 aromatic carbocycles. The number of hydrogen-bond donors (Lipinski definition) is 3. The van der Waals surface area contributed by atoms with Gasteiger partial charge in [-0.15, -0.1) is 0 Å². The highest BCUT2D eigenvalue weighted by Crippen LogP contribution is 1.97. The van der Waals surface area contributed by atoms with Crippen LogP contribution in [0.25, 0.3) is 0 Å². The number of hydrogen-bond acceptors (Lipinski definition) is 3. The van der Waals surface area contributed by atoms with E-state index in [0.717, 1.165) is 12.2 Å². The largest absolute Gasteiger partial charge is 0.478 e. The van der Waals surface area contributed by atoms with E-state index in [2.05, 4.69) is 0 Å². The van der Waals surface area contributed by atoms with Crippen LogP contribution in [0.15, 0.2) is 24.3 Å². The van der Waals surface area contributed by atoms with Gasteiger partial charge in [0.2, 0.25) is 0 Å². The van der Waals surface area contributed by atoms with Gasteiger partial charge < -0.3 is 15.3 Å². The van der Waals surface area contributed by atoms with Crippen molar-refractivity contribution in [2.75, 3.05) is 0 Å². The van der Waals surface area contributed by atoms with E-state index in [4.69, 9.17) is 15.3 Å². The maximum atomic E-state index is 9.99. The Morgan fingerprint density at radius 3 is 2.17 bits per heavy atom. The van der Waals surface area contributed by atoms with Crippen LogP contribution >= 0.6 is 0 Å². The molecule has 4 nitrogen and oxygen atoms in total. The summed E-state index contributed by atoms with van der Waals surface area (Å²) in [5, 5.41) is 26.3. The first-order valence-corrected chi connectivity index (χ1v) is 3.48. The van der Waals surface area contributed by atoms with Gasteiger partial charge in [0.15, 0.2) is 0 Å². The first kappa shape index (κ1) is 10.9. The summed E-state index contributed by atoms with van der Waals surface area (Å²) in [6, 6.07) is 0. The van der Waals surface area contributed by atoms with E-state index in [1.165, 1.54) is 6.08 Å². The van der Waals surface area contributed by atoms with Crippen LogP contribution in [0.1, 0.15) is 6.92 Å². The lowest BCUT2D eigenvalue weighted by Crippen LogP contribution is -2.21. The molecule has 0 aromatic heterocycles. The first-order chi connectivity index (χ1) is 5.57. The summed E-state index contributed by atoms with van der Waals surface area (Å²) in [5.41, 5.74) is 0. The third-order valence-electron chi connectivity index (χ3n) is 1.18. The minimum atomic E-state index is -1.17. The Kier molecular flexibility index (Phi) is 4.99. The summed E-state index contributed by atoms with van der Waals surface area (Å²) in [6.07, 6.45) is 2.53. The second kappa shape index (κ2) is 5.51. The van der Waals surface area contributed by atoms with Crippen molar-refractivity contribution >= 4 is 5.97 Å². The molecule has 4 heteroatoms. The number of carboxylic acids is 1. The van der Waals surface area contributed by atoms with Crippen molar-refractivity contribution in [1.29, 1.82) is 0 Å². The van der Waals surface area contributed by atoms with Gasteiger partial charge in [0.1, 0.15) is 12.2 Å². The Morgan fingerprint density at radius 1 is 1.25 bits per heavy atom. The van der Waals surface area contributed by atoms with Gasteiger partial charge in [0, 0.05) is 6.08 Å². The number of carboxylic acid groups (broad SMARTS) is 1. The monoisotopic (exact) mass is 172 g/mol. The van der Waals surface area contributed by atoms with Gasteiger partial charge in [0.25, 0.3) is 0 Å². The number of rotatable bonds is 4. The van der Waals surface area contributed by atoms with E-state index in [-0.39, 0.29) is 0 Å². The highest BCUT2D eigenvalue weighted by molar-refractivity contribution is 5.79. The lowest BCUT2D eigenvalue weighted by atomic mass is 10.2. The number of allylic oxidation sites excluding steroid dienone is 1. The fraction of sp³-hybridized carbons (Fsp3) is 0.375. The SMILES string of the molecule is C/C=C/C(O)C(O)/C=C/C(=O)O. The van der Waals surface area contributed by atoms with E-state index >= 15 is 0 Å². The number of aliphatic hydroxyl groups excluding tert-OH is 2. The summed E-state index contributed by atoms with van der Waals surface area (Å²) >= 11 is 0. The average molecular weight is 172 g/mol. The normalized spacial score (nSPS) is 16.9. The Hall–Kier alpha value is -1.13. The first-order valence-electron chi connectivity index (χ1n) is 3.48. The summed E-state index contributed by atoms with van der Waals surface area (Å²) < 4.78 is 0. The molecule has 0 aliphatic carbocycles. The van der Waals surface area contributed by atoms with Crippen molar-refractivity contribution in [3.05, 3.63) is 24.3 Å². The molecule has 2 atom stereocenters. The smallest absolute Gasteiger partial charge is 0.328 e. The second-order valence-corrected chi connectivity index (χ2v) is 2.20. The molecule has 3 N–H and O–H groups in total. The zero-order valence-corrected chi connectivity index (χ0v) is 6.71. The fourth-order valence-corrected chi connectivity index (χ4v) is 0.606. The Bertz CT molecular complexity index is 195. The fourth-order valence-electron chi connectivity index (χ4n) is 0.606. The molecule has 0 bridgehead atoms. The van der Waals surface area contributed by atoms with Crippen LogP contribution in [-0.2, 0) is 4.79 Å². The second-order valence-electron chi connectivity index (χ2n) is 2.20. The molecule has 2 unspecified atom stereocenters. The molecule has 0 rings (SSSR count). The predicted octanol–water partition coefficient (Wildman–Crippen LogP) is -0.0749. The van der Waals surface area contributed by atoms with E-state index in [1.54, 1.807) is 13.0 Å². The summed E-state index contributed by atoms with van der Waals surface area (Å²) in [7, 11) is 0. The third kappa shape index (κ3) is 4.65. The Morgan fingerprint density at radius 2 is 1.75 bits per heavy atom. The summed E-state index contributed by atoms with van der Waals surface area (Å²) in [6.45, 7) is 1.69. The van der Waals surface area contributed by atoms with E-state index in [9.17, 15) is 4.79 Å². The van der Waals surface area contributed by atoms with Crippen LogP contribution < -0.4 is 0 Å². The molecule has 0 aromatic rings. The van der Waals surface area contributed by atoms with Gasteiger partial charge in [-0.2, -0.15) is 0 Å². The van der Waals surface area contributed by atoms with Gasteiger partial charge in [0.05, 0.1) is 0 Å². The Balaban J connectivity index is 4.02. The molecule has 0 spiro atoms. The molecule has 0 amide bonds. The van der Waals surface area contributed by atoms with Crippen molar-refractivity contribution in [1.82, 2.24) is 0 Å². The molecule has 0 saturated heterocycles. The topological polar surface area (TPSA) is 77.8 Å². The van der Waals surface area contributed by atoms with Crippen molar-refractivity contribution in [2.24, 2.45) is 0 Å². The molecule has 12 heavy (non-hydrogen) atoms. The highest BCUT2D eigenvalue weighted by atomic mass is 16.4. The number of carbonyl (C=O) groups is 1. The minimum absolute atomic E-state index is 0.789. The number of aliphatic carboxylic acids is 1. The van der Waals surface area contributed by atoms with E-state index in [1.807, 2.05) is 0 Å². The lowest BCUT2D eigenvalue weighted by Gasteiger charge is -2.08. The zero-order valence-electron chi connectivity index (χ0n) is 6.71. The molecule has 0 fully saturated rings. The van der Waals surface area contributed by atoms with Crippen molar-refractivity contribution in [3.8, 4) is 0 Å². The van der Waals surface area contributed by atoms with Crippen molar-refractivity contribution < 1.29 is 20.1 Å². The standard InChI is InChI=1S/C8H12O4/c1-2-3-6(9)7(10)4-5-8(11)12/h2-7,9-10H,1H3,(H,11,12)/b3-2+,5-4+. The lowest BCUT2D eigenvalue weighted by molar-refractivity contribution is -0.131. The molecular formula is C8H12O4. The van der Waals surface area contributed by atoms with Crippen LogP contribution in [0.2, 0.25) is 0 Å². The Labute approximate surface area is 70.5 Å². The molecule has 0 radical (unpaired) electrons. The molecule has 0 aliphatic heterocycles. The number of aliphatic hydroxyl groups is 2. The van der Waals surface area contributed by atoms with Crippen LogP contribution in [0.3, 0.4) is 0 Å². The zero-order chi connectivity index (χ0) is 9.56. The molecular weight excluding hydrogens is 160 g/mol. The quantitative estimate of drug-likeness (QED) is 0.409. The van der Waals surface area contributed by atoms with Crippen LogP contribution in [-0.4, -0.2) is 33.5 Å². The van der Waals surface area contributed by atoms with Gasteiger partial charge >= 0.3 is 5.97 Å². The predicted molar refractivity (Wildman–Crippen MR) is 43.6 cm³/mol. The maximum absolute atomic E-state index is 9.99. The highest BCUT2D eigenvalue weighted by Gasteiger charge is 2.08. The van der Waals surface area contributed by atoms with Crippen LogP contribution in [0.4, 0.5) is 0 Å². The van der Waals surface area contributed by atoms with Gasteiger partial charge in [-0.1, -0.05) is 12.2 Å². The average Bonchev–Trinajstić information content (AvgIpc) is 2.00. The molecule has 0 saturated carbocycles. The van der Waals surface area contributed by atoms with E-state index in [0.29, 0.717) is 0 Å². The molecule has 68 valence electrons. The van der Waals surface area contributed by atoms with Gasteiger partial charge in [-0.05, 0) is 13.0 Å². The van der Waals surface area contributed by atoms with E-state index < -0.39 is 18.2 Å². The van der Waals surface area contributed by atoms with Crippen molar-refractivity contribution in [2.45, 2.75) is 19.1 Å². The molecule has 0 heterocycles. The minimum Gasteiger partial charge on any atom is -0.478 e. The van der Waals surface area contributed by atoms with Crippen LogP contribution in [0.5, 0.6) is 0 Å². The van der Waals surface area contributed by atoms with Gasteiger partial charge in [-0.25, -0.2) is 4.79 Å². The maximum Gasteiger partial charge on any atom is 0.328 e. The summed E-state index contributed by atoms with van der Waals surface area (Å²) in [5.74, 6) is -1.15. The van der Waals surface area contributed by atoms with Crippen LogP contribution in [0, 0.1) is 0 Å². The molecule has 0 aliphatic rings. The van der Waals surface area contributed by atoms with Crippen molar-refractivity contribution in [3.63, 3.8) is 0 Å². The summed E-state index contributed by atoms with van der Waals surface area (Å²) in [4.78, 5) is 9.99. The third-order valence-corrected chi connectivity index (χ3v) is 1.18.